The lowest BCUT2D eigenvalue weighted by atomic mass is 9.97. The van der Waals surface area contributed by atoms with Crippen molar-refractivity contribution in [2.45, 2.75) is 19.9 Å². The molecule has 102 valence electrons. The fourth-order valence-electron chi connectivity index (χ4n) is 2.60. The zero-order valence-electron chi connectivity index (χ0n) is 11.8. The summed E-state index contributed by atoms with van der Waals surface area (Å²) in [7, 11) is 0. The van der Waals surface area contributed by atoms with Crippen LogP contribution >= 0.6 is 0 Å². The average Bonchev–Trinajstić information content (AvgIpc) is 2.91. The number of pyridine rings is 1. The lowest BCUT2D eigenvalue weighted by Crippen LogP contribution is -2.22. The molecule has 1 unspecified atom stereocenters. The van der Waals surface area contributed by atoms with Gasteiger partial charge in [-0.3, -0.25) is 4.98 Å². The van der Waals surface area contributed by atoms with E-state index >= 15 is 0 Å². The first-order chi connectivity index (χ1) is 9.79. The Morgan fingerprint density at radius 2 is 2.10 bits per heavy atom. The zero-order valence-corrected chi connectivity index (χ0v) is 11.8. The summed E-state index contributed by atoms with van der Waals surface area (Å²) in [5, 5.41) is 5.91. The molecule has 1 aromatic carbocycles. The summed E-state index contributed by atoms with van der Waals surface area (Å²) in [6.07, 6.45) is 5.67. The SMILES string of the molecule is CCNC(c1coc(C)c1)c1cncc2ccccc12. The van der Waals surface area contributed by atoms with Crippen LogP contribution in [0.15, 0.2) is 53.4 Å². The highest BCUT2D eigenvalue weighted by molar-refractivity contribution is 5.85. The maximum atomic E-state index is 5.46. The highest BCUT2D eigenvalue weighted by Gasteiger charge is 2.17. The van der Waals surface area contributed by atoms with E-state index in [0.29, 0.717) is 0 Å². The minimum Gasteiger partial charge on any atom is -0.469 e. The summed E-state index contributed by atoms with van der Waals surface area (Å²) in [6, 6.07) is 10.5. The Labute approximate surface area is 118 Å². The molecule has 0 aliphatic heterocycles. The van der Waals surface area contributed by atoms with E-state index in [1.165, 1.54) is 10.9 Å². The Hall–Kier alpha value is -2.13. The van der Waals surface area contributed by atoms with Crippen LogP contribution in [-0.2, 0) is 0 Å². The first-order valence-electron chi connectivity index (χ1n) is 6.90. The van der Waals surface area contributed by atoms with Gasteiger partial charge in [0.15, 0.2) is 0 Å². The predicted octanol–water partition coefficient (Wildman–Crippen LogP) is 3.84. The summed E-state index contributed by atoms with van der Waals surface area (Å²) in [6.45, 7) is 4.96. The predicted molar refractivity (Wildman–Crippen MR) is 80.7 cm³/mol. The van der Waals surface area contributed by atoms with Gasteiger partial charge in [-0.2, -0.15) is 0 Å². The highest BCUT2D eigenvalue weighted by atomic mass is 16.3. The molecule has 20 heavy (non-hydrogen) atoms. The van der Waals surface area contributed by atoms with Gasteiger partial charge >= 0.3 is 0 Å². The average molecular weight is 266 g/mol. The monoisotopic (exact) mass is 266 g/mol. The van der Waals surface area contributed by atoms with Crippen molar-refractivity contribution >= 4 is 10.8 Å². The van der Waals surface area contributed by atoms with Crippen LogP contribution in [0.5, 0.6) is 0 Å². The Balaban J connectivity index is 2.14. The van der Waals surface area contributed by atoms with Gasteiger partial charge in [0.05, 0.1) is 12.3 Å². The standard InChI is InChI=1S/C17H18N2O/c1-3-19-17(14-8-12(2)20-11-14)16-10-18-9-13-6-4-5-7-15(13)16/h4-11,17,19H,3H2,1-2H3. The number of aryl methyl sites for hydroxylation is 1. The molecule has 0 saturated heterocycles. The Bertz CT molecular complexity index is 712. The lowest BCUT2D eigenvalue weighted by molar-refractivity contribution is 0.526. The van der Waals surface area contributed by atoms with Gasteiger partial charge in [0.1, 0.15) is 5.76 Å². The van der Waals surface area contributed by atoms with Crippen LogP contribution in [0.1, 0.15) is 29.9 Å². The number of nitrogens with one attached hydrogen (secondary N) is 1. The highest BCUT2D eigenvalue weighted by Crippen LogP contribution is 2.29. The van der Waals surface area contributed by atoms with Crippen molar-refractivity contribution in [1.82, 2.24) is 10.3 Å². The number of nitrogens with zero attached hydrogens (tertiary/aromatic N) is 1. The number of aromatic nitrogens is 1. The van der Waals surface area contributed by atoms with Crippen molar-refractivity contribution in [3.63, 3.8) is 0 Å². The zero-order chi connectivity index (χ0) is 13.9. The third-order valence-electron chi connectivity index (χ3n) is 3.50. The quantitative estimate of drug-likeness (QED) is 0.779. The molecule has 0 amide bonds. The number of hydrogen-bond acceptors (Lipinski definition) is 3. The van der Waals surface area contributed by atoms with E-state index < -0.39 is 0 Å². The van der Waals surface area contributed by atoms with Crippen LogP contribution in [0.25, 0.3) is 10.8 Å². The summed E-state index contributed by atoms with van der Waals surface area (Å²) in [5.41, 5.74) is 2.33. The topological polar surface area (TPSA) is 38.1 Å². The van der Waals surface area contributed by atoms with Crippen LogP contribution in [-0.4, -0.2) is 11.5 Å². The van der Waals surface area contributed by atoms with Crippen molar-refractivity contribution in [3.8, 4) is 0 Å². The molecule has 3 rings (SSSR count). The van der Waals surface area contributed by atoms with Gasteiger partial charge in [0.2, 0.25) is 0 Å². The molecule has 2 heterocycles. The lowest BCUT2D eigenvalue weighted by Gasteiger charge is -2.18. The minimum absolute atomic E-state index is 0.107. The molecule has 1 atom stereocenters. The fraction of sp³-hybridized carbons (Fsp3) is 0.235. The largest absolute Gasteiger partial charge is 0.469 e. The number of benzene rings is 1. The summed E-state index contributed by atoms with van der Waals surface area (Å²) in [5.74, 6) is 0.927. The third kappa shape index (κ3) is 2.32. The molecule has 0 aliphatic carbocycles. The molecule has 0 fully saturated rings. The van der Waals surface area contributed by atoms with Crippen molar-refractivity contribution in [2.24, 2.45) is 0 Å². The second kappa shape index (κ2) is 5.47. The molecular weight excluding hydrogens is 248 g/mol. The second-order valence-electron chi connectivity index (χ2n) is 4.93. The number of rotatable bonds is 4. The Morgan fingerprint density at radius 3 is 2.85 bits per heavy atom. The van der Waals surface area contributed by atoms with Crippen LogP contribution in [0.3, 0.4) is 0 Å². The van der Waals surface area contributed by atoms with Crippen molar-refractivity contribution in [2.75, 3.05) is 6.54 Å². The number of furan rings is 1. The fourth-order valence-corrected chi connectivity index (χ4v) is 2.60. The van der Waals surface area contributed by atoms with E-state index in [1.807, 2.05) is 31.6 Å². The van der Waals surface area contributed by atoms with E-state index in [4.69, 9.17) is 4.42 Å². The van der Waals surface area contributed by atoms with E-state index in [9.17, 15) is 0 Å². The molecule has 0 aliphatic rings. The van der Waals surface area contributed by atoms with Crippen LogP contribution in [0, 0.1) is 6.92 Å². The third-order valence-corrected chi connectivity index (χ3v) is 3.50. The summed E-state index contributed by atoms with van der Waals surface area (Å²) < 4.78 is 5.46. The molecule has 3 aromatic rings. The number of hydrogen-bond donors (Lipinski definition) is 1. The molecule has 2 aromatic heterocycles. The normalized spacial score (nSPS) is 12.7. The van der Waals surface area contributed by atoms with E-state index in [0.717, 1.165) is 23.3 Å². The van der Waals surface area contributed by atoms with Crippen molar-refractivity contribution < 1.29 is 4.42 Å². The van der Waals surface area contributed by atoms with E-state index in [-0.39, 0.29) is 6.04 Å². The smallest absolute Gasteiger partial charge is 0.101 e. The molecule has 0 spiro atoms. The molecule has 0 bridgehead atoms. The first kappa shape index (κ1) is 12.9. The van der Waals surface area contributed by atoms with Gasteiger partial charge in [-0.25, -0.2) is 0 Å². The molecule has 3 heteroatoms. The number of fused-ring (bicyclic) bond motifs is 1. The maximum Gasteiger partial charge on any atom is 0.101 e. The van der Waals surface area contributed by atoms with Gasteiger partial charge in [0.25, 0.3) is 0 Å². The minimum atomic E-state index is 0.107. The molecule has 3 nitrogen and oxygen atoms in total. The molecular formula is C17H18N2O. The van der Waals surface area contributed by atoms with Crippen molar-refractivity contribution in [3.05, 3.63) is 65.9 Å². The Morgan fingerprint density at radius 1 is 1.25 bits per heavy atom. The van der Waals surface area contributed by atoms with Gasteiger partial charge in [0, 0.05) is 23.3 Å². The van der Waals surface area contributed by atoms with Crippen LogP contribution < -0.4 is 5.32 Å². The van der Waals surface area contributed by atoms with Crippen LogP contribution in [0.4, 0.5) is 0 Å². The maximum absolute atomic E-state index is 5.46. The van der Waals surface area contributed by atoms with Crippen molar-refractivity contribution in [1.29, 1.82) is 0 Å². The summed E-state index contributed by atoms with van der Waals surface area (Å²) in [4.78, 5) is 4.38. The second-order valence-corrected chi connectivity index (χ2v) is 4.93. The van der Waals surface area contributed by atoms with Gasteiger partial charge in [-0.05, 0) is 30.5 Å². The molecule has 0 radical (unpaired) electrons. The molecule has 1 N–H and O–H groups in total. The van der Waals surface area contributed by atoms with E-state index in [2.05, 4.69) is 41.5 Å². The molecule has 0 saturated carbocycles. The Kier molecular flexibility index (Phi) is 3.52. The first-order valence-corrected chi connectivity index (χ1v) is 6.90. The van der Waals surface area contributed by atoms with Gasteiger partial charge in [-0.15, -0.1) is 0 Å². The van der Waals surface area contributed by atoms with Gasteiger partial charge < -0.3 is 9.73 Å². The van der Waals surface area contributed by atoms with E-state index in [1.54, 1.807) is 0 Å². The van der Waals surface area contributed by atoms with Crippen LogP contribution in [0.2, 0.25) is 0 Å². The summed E-state index contributed by atoms with van der Waals surface area (Å²) >= 11 is 0. The van der Waals surface area contributed by atoms with Gasteiger partial charge in [-0.1, -0.05) is 31.2 Å².